The third kappa shape index (κ3) is 2.00. The van der Waals surface area contributed by atoms with Crippen molar-refractivity contribution in [3.63, 3.8) is 0 Å². The Balaban J connectivity index is 2.56. The molecule has 2 aromatic heterocycles. The summed E-state index contributed by atoms with van der Waals surface area (Å²) in [4.78, 5) is 15.3. The molecule has 2 heterocycles. The first kappa shape index (κ1) is 12.3. The van der Waals surface area contributed by atoms with Gasteiger partial charge in [0.25, 0.3) is 0 Å². The van der Waals surface area contributed by atoms with Crippen molar-refractivity contribution in [3.05, 3.63) is 27.0 Å². The molecule has 0 unspecified atom stereocenters. The van der Waals surface area contributed by atoms with Gasteiger partial charge in [0.1, 0.15) is 4.88 Å². The van der Waals surface area contributed by atoms with Crippen molar-refractivity contribution in [1.29, 1.82) is 0 Å². The number of rotatable bonds is 3. The van der Waals surface area contributed by atoms with E-state index in [0.717, 1.165) is 24.1 Å². The van der Waals surface area contributed by atoms with Gasteiger partial charge in [0.15, 0.2) is 11.4 Å². The Bertz CT molecular complexity index is 574. The number of aryl methyl sites for hydroxylation is 1. The smallest absolute Gasteiger partial charge is 0.212 e. The molecule has 0 aromatic carbocycles. The lowest BCUT2D eigenvalue weighted by Gasteiger charge is -1.99. The molecular formula is C11H12ClN3OS. The SMILES string of the molecule is CCc1c(C)nn(-c2nc(Cl)c(C=O)s2)c1C. The quantitative estimate of drug-likeness (QED) is 0.805. The number of aldehydes is 1. The highest BCUT2D eigenvalue weighted by molar-refractivity contribution is 7.16. The Morgan fingerprint density at radius 1 is 1.47 bits per heavy atom. The van der Waals surface area contributed by atoms with Crippen molar-refractivity contribution >= 4 is 29.2 Å². The zero-order chi connectivity index (χ0) is 12.6. The number of aromatic nitrogens is 3. The predicted molar refractivity (Wildman–Crippen MR) is 68.5 cm³/mol. The third-order valence-corrected chi connectivity index (χ3v) is 4.04. The second-order valence-corrected chi connectivity index (χ2v) is 5.05. The molecule has 0 fully saturated rings. The monoisotopic (exact) mass is 269 g/mol. The average molecular weight is 270 g/mol. The molecule has 90 valence electrons. The number of hydrogen-bond acceptors (Lipinski definition) is 4. The predicted octanol–water partition coefficient (Wildman–Crippen LogP) is 2.97. The lowest BCUT2D eigenvalue weighted by atomic mass is 10.1. The maximum absolute atomic E-state index is 10.7. The fourth-order valence-corrected chi connectivity index (χ4v) is 2.90. The van der Waals surface area contributed by atoms with E-state index in [1.165, 1.54) is 16.9 Å². The molecule has 0 spiro atoms. The van der Waals surface area contributed by atoms with Crippen LogP contribution in [0.3, 0.4) is 0 Å². The van der Waals surface area contributed by atoms with Gasteiger partial charge in [0, 0.05) is 5.69 Å². The summed E-state index contributed by atoms with van der Waals surface area (Å²) in [5.74, 6) is 0. The van der Waals surface area contributed by atoms with Crippen LogP contribution in [0.5, 0.6) is 0 Å². The molecule has 4 nitrogen and oxygen atoms in total. The van der Waals surface area contributed by atoms with E-state index in [-0.39, 0.29) is 5.15 Å². The molecule has 0 amide bonds. The van der Waals surface area contributed by atoms with Crippen molar-refractivity contribution in [2.45, 2.75) is 27.2 Å². The molecule has 0 atom stereocenters. The van der Waals surface area contributed by atoms with Gasteiger partial charge in [-0.05, 0) is 25.8 Å². The largest absolute Gasteiger partial charge is 0.297 e. The molecule has 0 N–H and O–H groups in total. The van der Waals surface area contributed by atoms with E-state index in [9.17, 15) is 4.79 Å². The van der Waals surface area contributed by atoms with Crippen molar-refractivity contribution in [3.8, 4) is 5.13 Å². The van der Waals surface area contributed by atoms with Crippen LogP contribution >= 0.6 is 22.9 Å². The maximum atomic E-state index is 10.7. The van der Waals surface area contributed by atoms with E-state index < -0.39 is 0 Å². The van der Waals surface area contributed by atoms with Crippen molar-refractivity contribution in [2.24, 2.45) is 0 Å². The summed E-state index contributed by atoms with van der Waals surface area (Å²) in [7, 11) is 0. The second kappa shape index (κ2) is 4.58. The minimum Gasteiger partial charge on any atom is -0.297 e. The van der Waals surface area contributed by atoms with E-state index in [4.69, 9.17) is 11.6 Å². The minimum atomic E-state index is 0.241. The van der Waals surface area contributed by atoms with Crippen LogP contribution < -0.4 is 0 Å². The van der Waals surface area contributed by atoms with Gasteiger partial charge in [-0.3, -0.25) is 4.79 Å². The first-order valence-corrected chi connectivity index (χ1v) is 6.44. The van der Waals surface area contributed by atoms with Crippen LogP contribution in [0.1, 0.15) is 33.5 Å². The fraction of sp³-hybridized carbons (Fsp3) is 0.364. The van der Waals surface area contributed by atoms with Gasteiger partial charge in [-0.1, -0.05) is 29.9 Å². The van der Waals surface area contributed by atoms with Gasteiger partial charge in [-0.15, -0.1) is 0 Å². The van der Waals surface area contributed by atoms with Crippen molar-refractivity contribution < 1.29 is 4.79 Å². The van der Waals surface area contributed by atoms with Crippen LogP contribution in [0.25, 0.3) is 5.13 Å². The highest BCUT2D eigenvalue weighted by Crippen LogP contribution is 2.26. The standard InChI is InChI=1S/C11H12ClN3OS/c1-4-8-6(2)14-15(7(8)3)11-13-10(12)9(5-16)17-11/h5H,4H2,1-3H3. The molecular weight excluding hydrogens is 258 g/mol. The lowest BCUT2D eigenvalue weighted by molar-refractivity contribution is 0.112. The van der Waals surface area contributed by atoms with E-state index in [1.54, 1.807) is 4.68 Å². The van der Waals surface area contributed by atoms with Crippen molar-refractivity contribution in [2.75, 3.05) is 0 Å². The topological polar surface area (TPSA) is 47.8 Å². The van der Waals surface area contributed by atoms with E-state index in [0.29, 0.717) is 10.0 Å². The third-order valence-electron chi connectivity index (χ3n) is 2.68. The van der Waals surface area contributed by atoms with E-state index in [2.05, 4.69) is 17.0 Å². The molecule has 0 aliphatic heterocycles. The van der Waals surface area contributed by atoms with Crippen LogP contribution in [0.2, 0.25) is 5.15 Å². The summed E-state index contributed by atoms with van der Waals surface area (Å²) in [6.45, 7) is 6.06. The molecule has 0 saturated carbocycles. The Morgan fingerprint density at radius 2 is 2.18 bits per heavy atom. The molecule has 2 aromatic rings. The van der Waals surface area contributed by atoms with Crippen LogP contribution in [0.4, 0.5) is 0 Å². The fourth-order valence-electron chi connectivity index (χ4n) is 1.84. The molecule has 0 aliphatic rings. The Labute approximate surface area is 108 Å². The van der Waals surface area contributed by atoms with Gasteiger partial charge < -0.3 is 0 Å². The molecule has 0 radical (unpaired) electrons. The van der Waals surface area contributed by atoms with Crippen LogP contribution in [-0.4, -0.2) is 21.1 Å². The Kier molecular flexibility index (Phi) is 3.31. The van der Waals surface area contributed by atoms with Crippen LogP contribution in [0, 0.1) is 13.8 Å². The number of hydrogen-bond donors (Lipinski definition) is 0. The highest BCUT2D eigenvalue weighted by atomic mass is 35.5. The van der Waals surface area contributed by atoms with Gasteiger partial charge in [0.2, 0.25) is 5.13 Å². The summed E-state index contributed by atoms with van der Waals surface area (Å²) in [6.07, 6.45) is 1.65. The second-order valence-electron chi connectivity index (χ2n) is 3.68. The van der Waals surface area contributed by atoms with Gasteiger partial charge >= 0.3 is 0 Å². The van der Waals surface area contributed by atoms with Crippen LogP contribution in [0.15, 0.2) is 0 Å². The molecule has 2 rings (SSSR count). The van der Waals surface area contributed by atoms with Crippen molar-refractivity contribution in [1.82, 2.24) is 14.8 Å². The molecule has 17 heavy (non-hydrogen) atoms. The number of thiazole rings is 1. The number of carbonyl (C=O) groups excluding carboxylic acids is 1. The number of halogens is 1. The van der Waals surface area contributed by atoms with Gasteiger partial charge in [-0.2, -0.15) is 5.10 Å². The zero-order valence-electron chi connectivity index (χ0n) is 9.82. The minimum absolute atomic E-state index is 0.241. The van der Waals surface area contributed by atoms with Crippen LogP contribution in [-0.2, 0) is 6.42 Å². The normalized spacial score (nSPS) is 10.8. The van der Waals surface area contributed by atoms with E-state index in [1.807, 2.05) is 13.8 Å². The molecule has 6 heteroatoms. The molecule has 0 aliphatic carbocycles. The first-order chi connectivity index (χ1) is 8.08. The number of carbonyl (C=O) groups is 1. The number of nitrogens with zero attached hydrogens (tertiary/aromatic N) is 3. The maximum Gasteiger partial charge on any atom is 0.212 e. The average Bonchev–Trinajstić information content (AvgIpc) is 2.79. The zero-order valence-corrected chi connectivity index (χ0v) is 11.4. The highest BCUT2D eigenvalue weighted by Gasteiger charge is 2.16. The Morgan fingerprint density at radius 3 is 2.65 bits per heavy atom. The molecule has 0 bridgehead atoms. The summed E-state index contributed by atoms with van der Waals surface area (Å²) >= 11 is 7.10. The summed E-state index contributed by atoms with van der Waals surface area (Å²) in [5, 5.41) is 5.31. The van der Waals surface area contributed by atoms with Gasteiger partial charge in [-0.25, -0.2) is 9.67 Å². The first-order valence-electron chi connectivity index (χ1n) is 5.25. The van der Waals surface area contributed by atoms with Gasteiger partial charge in [0.05, 0.1) is 5.69 Å². The lowest BCUT2D eigenvalue weighted by Crippen LogP contribution is -1.98. The summed E-state index contributed by atoms with van der Waals surface area (Å²) in [6, 6.07) is 0. The summed E-state index contributed by atoms with van der Waals surface area (Å²) < 4.78 is 1.75. The van der Waals surface area contributed by atoms with E-state index >= 15 is 0 Å². The summed E-state index contributed by atoms with van der Waals surface area (Å²) in [5.41, 5.74) is 3.25. The molecule has 0 saturated heterocycles. The Hall–Kier alpha value is -1.20.